The number of thioether (sulfide) groups is 1. The third-order valence-electron chi connectivity index (χ3n) is 9.10. The molecule has 7 rings (SSSR count). The standard InChI is InChI=1S/C38H36Cl2N4O3S2/c39-30-15-18-34(35(40)22-30)36-24-43(31-7-4-8-32(23-31)44-25-38(45)42-49(44,46)47)37(41-36)21-27-9-11-28(12-10-27)29-13-16-33(17-14-29)48-20-19-26-5-2-1-3-6-26/h4,7-18,22-26,42,45H,1-3,5-6,19-21H2. The SMILES string of the molecule is O=S1(=O)NC(O)=CN1c1cccc(-n2cc(-c3ccc(Cl)cc3Cl)nc2Cc2ccc(-c3ccc(SCCC4CCCCC4)cc3)cc2)c1. The Bertz CT molecular complexity index is 2090. The molecule has 0 amide bonds. The Morgan fingerprint density at radius 1 is 0.878 bits per heavy atom. The molecule has 0 unspecified atom stereocenters. The van der Waals surface area contributed by atoms with Crippen LogP contribution in [0.3, 0.4) is 0 Å². The van der Waals surface area contributed by atoms with E-state index >= 15 is 0 Å². The minimum atomic E-state index is -3.95. The number of anilines is 1. The van der Waals surface area contributed by atoms with Crippen LogP contribution in [0, 0.1) is 5.92 Å². The van der Waals surface area contributed by atoms with Crippen LogP contribution in [0.25, 0.3) is 28.1 Å². The highest BCUT2D eigenvalue weighted by Gasteiger charge is 2.29. The zero-order chi connectivity index (χ0) is 34.0. The third-order valence-corrected chi connectivity index (χ3v) is 12.0. The topological polar surface area (TPSA) is 87.5 Å². The van der Waals surface area contributed by atoms with Crippen molar-refractivity contribution in [2.24, 2.45) is 5.92 Å². The molecule has 49 heavy (non-hydrogen) atoms. The van der Waals surface area contributed by atoms with E-state index in [1.807, 2.05) is 34.7 Å². The van der Waals surface area contributed by atoms with E-state index in [0.29, 0.717) is 33.5 Å². The van der Waals surface area contributed by atoms with Crippen molar-refractivity contribution in [2.75, 3.05) is 10.1 Å². The molecule has 1 aliphatic heterocycles. The van der Waals surface area contributed by atoms with Crippen molar-refractivity contribution in [3.8, 4) is 28.1 Å². The number of hydrogen-bond donors (Lipinski definition) is 2. The van der Waals surface area contributed by atoms with Crippen LogP contribution in [0.15, 0.2) is 114 Å². The summed E-state index contributed by atoms with van der Waals surface area (Å²) in [6.45, 7) is 0. The minimum absolute atomic E-state index is 0.359. The normalized spacial score (nSPS) is 16.0. The maximum Gasteiger partial charge on any atom is 0.330 e. The first-order valence-corrected chi connectivity index (χ1v) is 19.6. The number of aromatic nitrogens is 2. The van der Waals surface area contributed by atoms with Crippen LogP contribution in [0.2, 0.25) is 10.0 Å². The summed E-state index contributed by atoms with van der Waals surface area (Å²) >= 11 is 14.7. The molecule has 7 nitrogen and oxygen atoms in total. The van der Waals surface area contributed by atoms with Gasteiger partial charge in [0.05, 0.1) is 22.6 Å². The van der Waals surface area contributed by atoms with E-state index in [4.69, 9.17) is 28.2 Å². The smallest absolute Gasteiger partial charge is 0.330 e. The summed E-state index contributed by atoms with van der Waals surface area (Å²) < 4.78 is 30.2. The monoisotopic (exact) mass is 730 g/mol. The van der Waals surface area contributed by atoms with Gasteiger partial charge in [-0.15, -0.1) is 11.8 Å². The van der Waals surface area contributed by atoms with Crippen LogP contribution in [-0.2, 0) is 16.6 Å². The second-order valence-corrected chi connectivity index (χ2v) is 16.1. The Balaban J connectivity index is 1.12. The average Bonchev–Trinajstić information content (AvgIpc) is 3.64. The number of rotatable bonds is 10. The lowest BCUT2D eigenvalue weighted by molar-refractivity contribution is 0.351. The van der Waals surface area contributed by atoms with Crippen molar-refractivity contribution < 1.29 is 13.5 Å². The van der Waals surface area contributed by atoms with Crippen molar-refractivity contribution in [3.63, 3.8) is 0 Å². The van der Waals surface area contributed by atoms with Gasteiger partial charge in [-0.1, -0.05) is 97.8 Å². The Kier molecular flexibility index (Phi) is 9.96. The fourth-order valence-corrected chi connectivity index (χ4v) is 9.10. The highest BCUT2D eigenvalue weighted by Crippen LogP contribution is 2.34. The molecule has 0 radical (unpaired) electrons. The highest BCUT2D eigenvalue weighted by atomic mass is 35.5. The van der Waals surface area contributed by atoms with Crippen LogP contribution in [-0.4, -0.2) is 28.8 Å². The summed E-state index contributed by atoms with van der Waals surface area (Å²) in [7, 11) is -3.95. The second-order valence-electron chi connectivity index (χ2n) is 12.5. The summed E-state index contributed by atoms with van der Waals surface area (Å²) in [5.74, 6) is 2.38. The molecule has 0 spiro atoms. The van der Waals surface area contributed by atoms with Gasteiger partial charge in [0.1, 0.15) is 5.82 Å². The van der Waals surface area contributed by atoms with Crippen molar-refractivity contribution in [1.82, 2.24) is 14.3 Å². The van der Waals surface area contributed by atoms with Crippen LogP contribution in [0.5, 0.6) is 0 Å². The molecule has 1 aliphatic carbocycles. The molecular weight excluding hydrogens is 695 g/mol. The third kappa shape index (κ3) is 7.80. The number of hydrogen-bond acceptors (Lipinski definition) is 5. The number of nitrogens with one attached hydrogen (secondary N) is 1. The van der Waals surface area contributed by atoms with Gasteiger partial charge in [0.25, 0.3) is 0 Å². The molecule has 1 aromatic heterocycles. The van der Waals surface area contributed by atoms with Gasteiger partial charge in [0.2, 0.25) is 5.88 Å². The lowest BCUT2D eigenvalue weighted by Crippen LogP contribution is -2.29. The molecule has 1 fully saturated rings. The molecule has 0 atom stereocenters. The van der Waals surface area contributed by atoms with Crippen molar-refractivity contribution in [3.05, 3.63) is 131 Å². The lowest BCUT2D eigenvalue weighted by Gasteiger charge is -2.21. The average molecular weight is 732 g/mol. The predicted octanol–water partition coefficient (Wildman–Crippen LogP) is 10.2. The highest BCUT2D eigenvalue weighted by molar-refractivity contribution is 7.99. The zero-order valence-electron chi connectivity index (χ0n) is 26.7. The molecule has 2 N–H and O–H groups in total. The van der Waals surface area contributed by atoms with Crippen LogP contribution in [0.1, 0.15) is 49.9 Å². The molecule has 11 heteroatoms. The van der Waals surface area contributed by atoms with Crippen LogP contribution in [0.4, 0.5) is 5.69 Å². The van der Waals surface area contributed by atoms with E-state index in [1.54, 1.807) is 30.3 Å². The molecule has 2 heterocycles. The fourth-order valence-electron chi connectivity index (χ4n) is 6.54. The molecule has 2 aliphatic rings. The van der Waals surface area contributed by atoms with Gasteiger partial charge in [0, 0.05) is 33.8 Å². The van der Waals surface area contributed by atoms with Crippen molar-refractivity contribution >= 4 is 50.9 Å². The van der Waals surface area contributed by atoms with Gasteiger partial charge in [-0.3, -0.25) is 0 Å². The maximum atomic E-state index is 12.6. The Labute approximate surface area is 301 Å². The van der Waals surface area contributed by atoms with E-state index in [9.17, 15) is 13.5 Å². The first kappa shape index (κ1) is 33.6. The summed E-state index contributed by atoms with van der Waals surface area (Å²) in [4.78, 5) is 6.31. The number of aliphatic hydroxyl groups excluding tert-OH is 1. The largest absolute Gasteiger partial charge is 0.493 e. The van der Waals surface area contributed by atoms with Crippen molar-refractivity contribution in [1.29, 1.82) is 0 Å². The molecular formula is C38H36Cl2N4O3S2. The summed E-state index contributed by atoms with van der Waals surface area (Å²) in [5, 5.41) is 10.8. The molecule has 252 valence electrons. The Morgan fingerprint density at radius 3 is 2.29 bits per heavy atom. The number of nitrogens with zero attached hydrogens (tertiary/aromatic N) is 3. The lowest BCUT2D eigenvalue weighted by atomic mass is 9.88. The van der Waals surface area contributed by atoms with Gasteiger partial charge in [-0.05, 0) is 83.3 Å². The molecule has 5 aromatic rings. The van der Waals surface area contributed by atoms with E-state index in [-0.39, 0.29) is 0 Å². The van der Waals surface area contributed by atoms with E-state index < -0.39 is 16.1 Å². The zero-order valence-corrected chi connectivity index (χ0v) is 29.9. The van der Waals surface area contributed by atoms with Crippen molar-refractivity contribution in [2.45, 2.75) is 49.8 Å². The molecule has 4 aromatic carbocycles. The predicted molar refractivity (Wildman–Crippen MR) is 201 cm³/mol. The van der Waals surface area contributed by atoms with E-state index in [2.05, 4.69) is 53.3 Å². The second kappa shape index (κ2) is 14.5. The van der Waals surface area contributed by atoms with Gasteiger partial charge in [-0.25, -0.2) is 14.0 Å². The number of benzene rings is 4. The van der Waals surface area contributed by atoms with Gasteiger partial charge in [0.15, 0.2) is 0 Å². The van der Waals surface area contributed by atoms with E-state index in [1.165, 1.54) is 54.7 Å². The maximum absolute atomic E-state index is 12.6. The van der Waals surface area contributed by atoms with Crippen LogP contribution < -0.4 is 9.03 Å². The summed E-state index contributed by atoms with van der Waals surface area (Å²) in [6.07, 6.45) is 11.8. The number of aliphatic hydroxyl groups is 1. The summed E-state index contributed by atoms with van der Waals surface area (Å²) in [6, 6.07) is 29.7. The molecule has 0 saturated heterocycles. The quantitative estimate of drug-likeness (QED) is 0.140. The van der Waals surface area contributed by atoms with Gasteiger partial charge >= 0.3 is 10.2 Å². The van der Waals surface area contributed by atoms with Gasteiger partial charge < -0.3 is 9.67 Å². The first-order chi connectivity index (χ1) is 23.7. The van der Waals surface area contributed by atoms with Crippen LogP contribution >= 0.6 is 35.0 Å². The molecule has 1 saturated carbocycles. The number of imidazole rings is 1. The molecule has 0 bridgehead atoms. The minimum Gasteiger partial charge on any atom is -0.493 e. The van der Waals surface area contributed by atoms with E-state index in [0.717, 1.165) is 38.9 Å². The summed E-state index contributed by atoms with van der Waals surface area (Å²) in [5.41, 5.74) is 5.82. The first-order valence-electron chi connectivity index (χ1n) is 16.4. The Morgan fingerprint density at radius 2 is 1.59 bits per heavy atom. The fraction of sp³-hybridized carbons (Fsp3) is 0.237. The Hall–Kier alpha value is -3.89. The number of halogens is 2. The van der Waals surface area contributed by atoms with Gasteiger partial charge in [-0.2, -0.15) is 8.42 Å².